The Hall–Kier alpha value is -2.75. The van der Waals surface area contributed by atoms with Crippen molar-refractivity contribution in [2.45, 2.75) is 0 Å². The Morgan fingerprint density at radius 3 is 2.74 bits per heavy atom. The maximum Gasteiger partial charge on any atom is 0.221 e. The van der Waals surface area contributed by atoms with Gasteiger partial charge in [-0.05, 0) is 35.9 Å². The fourth-order valence-electron chi connectivity index (χ4n) is 1.76. The van der Waals surface area contributed by atoms with Crippen LogP contribution in [0.4, 0.5) is 0 Å². The Labute approximate surface area is 109 Å². The van der Waals surface area contributed by atoms with Crippen LogP contribution < -0.4 is 0 Å². The van der Waals surface area contributed by atoms with Gasteiger partial charge in [-0.3, -0.25) is 14.8 Å². The van der Waals surface area contributed by atoms with E-state index in [1.807, 2.05) is 18.2 Å². The van der Waals surface area contributed by atoms with Gasteiger partial charge in [-0.15, -0.1) is 0 Å². The number of ketones is 1. The van der Waals surface area contributed by atoms with Crippen molar-refractivity contribution in [1.29, 1.82) is 0 Å². The highest BCUT2D eigenvalue weighted by Gasteiger charge is 2.03. The SMILES string of the molecule is O=C(/C=C/c1ccc2nccnc2c1)c1ccco1. The first kappa shape index (κ1) is 11.3. The van der Waals surface area contributed by atoms with Gasteiger partial charge in [0.2, 0.25) is 5.78 Å². The number of furan rings is 1. The van der Waals surface area contributed by atoms with Crippen LogP contribution in [0.25, 0.3) is 17.1 Å². The summed E-state index contributed by atoms with van der Waals surface area (Å²) < 4.78 is 5.03. The first-order chi connectivity index (χ1) is 9.33. The number of nitrogens with zero attached hydrogens (tertiary/aromatic N) is 2. The van der Waals surface area contributed by atoms with Crippen molar-refractivity contribution in [1.82, 2.24) is 9.97 Å². The summed E-state index contributed by atoms with van der Waals surface area (Å²) in [6, 6.07) is 8.97. The van der Waals surface area contributed by atoms with Gasteiger partial charge in [-0.25, -0.2) is 0 Å². The molecular weight excluding hydrogens is 240 g/mol. The number of aromatic nitrogens is 2. The quantitative estimate of drug-likeness (QED) is 0.529. The molecule has 3 aromatic rings. The van der Waals surface area contributed by atoms with Gasteiger partial charge in [0.25, 0.3) is 0 Å². The summed E-state index contributed by atoms with van der Waals surface area (Å²) in [4.78, 5) is 20.1. The molecule has 0 unspecified atom stereocenters. The monoisotopic (exact) mass is 250 g/mol. The summed E-state index contributed by atoms with van der Waals surface area (Å²) >= 11 is 0. The fourth-order valence-corrected chi connectivity index (χ4v) is 1.76. The lowest BCUT2D eigenvalue weighted by atomic mass is 10.1. The van der Waals surface area contributed by atoms with Crippen molar-refractivity contribution in [3.05, 3.63) is 66.4 Å². The molecular formula is C15H10N2O2. The minimum absolute atomic E-state index is 0.163. The Morgan fingerprint density at radius 2 is 1.95 bits per heavy atom. The van der Waals surface area contributed by atoms with Crippen LogP contribution in [-0.4, -0.2) is 15.8 Å². The van der Waals surface area contributed by atoms with Crippen molar-refractivity contribution in [2.24, 2.45) is 0 Å². The number of allylic oxidation sites excluding steroid dienone is 1. The van der Waals surface area contributed by atoms with E-state index in [1.54, 1.807) is 30.6 Å². The number of carbonyl (C=O) groups is 1. The third-order valence-electron chi connectivity index (χ3n) is 2.68. The molecule has 4 nitrogen and oxygen atoms in total. The molecule has 0 radical (unpaired) electrons. The molecule has 4 heteroatoms. The van der Waals surface area contributed by atoms with E-state index in [9.17, 15) is 4.79 Å². The van der Waals surface area contributed by atoms with Gasteiger partial charge in [0.1, 0.15) is 0 Å². The highest BCUT2D eigenvalue weighted by Crippen LogP contribution is 2.12. The van der Waals surface area contributed by atoms with E-state index in [0.717, 1.165) is 16.6 Å². The lowest BCUT2D eigenvalue weighted by Gasteiger charge is -1.97. The van der Waals surface area contributed by atoms with Crippen LogP contribution in [0.15, 0.2) is 59.5 Å². The van der Waals surface area contributed by atoms with Crippen molar-refractivity contribution in [2.75, 3.05) is 0 Å². The Balaban J connectivity index is 1.87. The molecule has 2 aromatic heterocycles. The highest BCUT2D eigenvalue weighted by molar-refractivity contribution is 6.04. The largest absolute Gasteiger partial charge is 0.461 e. The maximum atomic E-state index is 11.7. The van der Waals surface area contributed by atoms with Gasteiger partial charge in [-0.2, -0.15) is 0 Å². The van der Waals surface area contributed by atoms with E-state index in [4.69, 9.17) is 4.42 Å². The average molecular weight is 250 g/mol. The first-order valence-electron chi connectivity index (χ1n) is 5.79. The summed E-state index contributed by atoms with van der Waals surface area (Å²) in [5, 5.41) is 0. The Kier molecular flexibility index (Phi) is 2.90. The fraction of sp³-hybridized carbons (Fsp3) is 0. The Bertz CT molecular complexity index is 746. The van der Waals surface area contributed by atoms with Crippen molar-refractivity contribution in [3.63, 3.8) is 0 Å². The molecule has 0 saturated carbocycles. The molecule has 0 amide bonds. The molecule has 0 saturated heterocycles. The average Bonchev–Trinajstić information content (AvgIpc) is 2.99. The lowest BCUT2D eigenvalue weighted by Crippen LogP contribution is -1.90. The molecule has 19 heavy (non-hydrogen) atoms. The number of rotatable bonds is 3. The third kappa shape index (κ3) is 2.42. The zero-order valence-electron chi connectivity index (χ0n) is 9.98. The third-order valence-corrected chi connectivity index (χ3v) is 2.68. The van der Waals surface area contributed by atoms with E-state index in [2.05, 4.69) is 9.97 Å². The smallest absolute Gasteiger partial charge is 0.221 e. The molecule has 0 bridgehead atoms. The van der Waals surface area contributed by atoms with Gasteiger partial charge in [-0.1, -0.05) is 12.1 Å². The van der Waals surface area contributed by atoms with E-state index >= 15 is 0 Å². The van der Waals surface area contributed by atoms with Crippen LogP contribution in [0.3, 0.4) is 0 Å². The lowest BCUT2D eigenvalue weighted by molar-refractivity contribution is 0.102. The van der Waals surface area contributed by atoms with Crippen LogP contribution in [0.2, 0.25) is 0 Å². The van der Waals surface area contributed by atoms with Crippen LogP contribution in [0.5, 0.6) is 0 Å². The number of hydrogen-bond acceptors (Lipinski definition) is 4. The molecule has 0 spiro atoms. The summed E-state index contributed by atoms with van der Waals surface area (Å²) in [6.07, 6.45) is 7.99. The minimum atomic E-state index is -0.163. The van der Waals surface area contributed by atoms with Gasteiger partial charge < -0.3 is 4.42 Å². The predicted octanol–water partition coefficient (Wildman–Crippen LogP) is 3.12. The molecule has 0 atom stereocenters. The predicted molar refractivity (Wildman–Crippen MR) is 71.6 cm³/mol. The minimum Gasteiger partial charge on any atom is -0.461 e. The molecule has 3 rings (SSSR count). The van der Waals surface area contributed by atoms with E-state index in [-0.39, 0.29) is 5.78 Å². The molecule has 0 N–H and O–H groups in total. The molecule has 0 aliphatic rings. The van der Waals surface area contributed by atoms with Gasteiger partial charge >= 0.3 is 0 Å². The Morgan fingerprint density at radius 1 is 1.11 bits per heavy atom. The van der Waals surface area contributed by atoms with Crippen LogP contribution in [0, 0.1) is 0 Å². The zero-order valence-corrected chi connectivity index (χ0v) is 9.98. The number of benzene rings is 1. The van der Waals surface area contributed by atoms with Crippen molar-refractivity contribution >= 4 is 22.9 Å². The molecule has 92 valence electrons. The van der Waals surface area contributed by atoms with Gasteiger partial charge in [0.15, 0.2) is 5.76 Å². The second-order valence-corrected chi connectivity index (χ2v) is 3.98. The second kappa shape index (κ2) is 4.86. The zero-order chi connectivity index (χ0) is 13.1. The highest BCUT2D eigenvalue weighted by atomic mass is 16.3. The number of fused-ring (bicyclic) bond motifs is 1. The van der Waals surface area contributed by atoms with Crippen LogP contribution >= 0.6 is 0 Å². The summed E-state index contributed by atoms with van der Waals surface area (Å²) in [7, 11) is 0. The second-order valence-electron chi connectivity index (χ2n) is 3.98. The van der Waals surface area contributed by atoms with E-state index in [1.165, 1.54) is 12.3 Å². The standard InChI is InChI=1S/C15H10N2O2/c18-14(15-2-1-9-19-15)6-4-11-3-5-12-13(10-11)17-8-7-16-12/h1-10H/b6-4+. The topological polar surface area (TPSA) is 56.0 Å². The van der Waals surface area contributed by atoms with Gasteiger partial charge in [0, 0.05) is 12.4 Å². The van der Waals surface area contributed by atoms with E-state index in [0.29, 0.717) is 5.76 Å². The van der Waals surface area contributed by atoms with Gasteiger partial charge in [0.05, 0.1) is 17.3 Å². The molecule has 0 aliphatic heterocycles. The molecule has 2 heterocycles. The maximum absolute atomic E-state index is 11.7. The molecule has 0 aliphatic carbocycles. The van der Waals surface area contributed by atoms with E-state index < -0.39 is 0 Å². The normalized spacial score (nSPS) is 11.2. The number of carbonyl (C=O) groups excluding carboxylic acids is 1. The first-order valence-corrected chi connectivity index (χ1v) is 5.79. The van der Waals surface area contributed by atoms with Crippen molar-refractivity contribution in [3.8, 4) is 0 Å². The number of hydrogen-bond donors (Lipinski definition) is 0. The molecule has 1 aromatic carbocycles. The van der Waals surface area contributed by atoms with Crippen molar-refractivity contribution < 1.29 is 9.21 Å². The summed E-state index contributed by atoms with van der Waals surface area (Å²) in [6.45, 7) is 0. The summed E-state index contributed by atoms with van der Waals surface area (Å²) in [5.74, 6) is 0.168. The van der Waals surface area contributed by atoms with Crippen LogP contribution in [-0.2, 0) is 0 Å². The summed E-state index contributed by atoms with van der Waals surface area (Å²) in [5.41, 5.74) is 2.53. The van der Waals surface area contributed by atoms with Crippen LogP contribution in [0.1, 0.15) is 16.1 Å². The molecule has 0 fully saturated rings.